The third-order valence-corrected chi connectivity index (χ3v) is 5.12. The molecule has 0 bridgehead atoms. The molecule has 1 atom stereocenters. The molecule has 2 rings (SSSR count). The number of hydrogen-bond donors (Lipinski definition) is 1. The number of methoxy groups -OCH3 is 1. The van der Waals surface area contributed by atoms with Gasteiger partial charge in [0.15, 0.2) is 0 Å². The van der Waals surface area contributed by atoms with E-state index in [1.165, 1.54) is 17.8 Å². The summed E-state index contributed by atoms with van der Waals surface area (Å²) in [5, 5.41) is 3.40. The normalized spacial score (nSPS) is 11.8. The van der Waals surface area contributed by atoms with Gasteiger partial charge in [0.1, 0.15) is 11.6 Å². The maximum Gasteiger partial charge on any atom is 0.230 e. The number of ether oxygens (including phenoxy) is 1. The Morgan fingerprint density at radius 3 is 2.60 bits per heavy atom. The van der Waals surface area contributed by atoms with Crippen molar-refractivity contribution >= 4 is 29.3 Å². The summed E-state index contributed by atoms with van der Waals surface area (Å²) >= 11 is 7.33. The number of rotatable bonds is 8. The van der Waals surface area contributed by atoms with Crippen LogP contribution in [-0.2, 0) is 10.5 Å². The van der Waals surface area contributed by atoms with E-state index in [4.69, 9.17) is 16.3 Å². The Bertz CT molecular complexity index is 689. The molecule has 6 heteroatoms. The molecular weight excluding hydrogens is 361 g/mol. The van der Waals surface area contributed by atoms with Crippen molar-refractivity contribution in [2.24, 2.45) is 0 Å². The van der Waals surface area contributed by atoms with Crippen molar-refractivity contribution in [3.8, 4) is 5.75 Å². The number of carbonyl (C=O) groups excluding carboxylic acids is 1. The number of halogens is 2. The zero-order chi connectivity index (χ0) is 18.2. The van der Waals surface area contributed by atoms with Gasteiger partial charge in [-0.25, -0.2) is 4.39 Å². The van der Waals surface area contributed by atoms with E-state index < -0.39 is 0 Å². The highest BCUT2D eigenvalue weighted by molar-refractivity contribution is 7.99. The number of hydrogen-bond acceptors (Lipinski definition) is 3. The van der Waals surface area contributed by atoms with Gasteiger partial charge in [-0.2, -0.15) is 0 Å². The lowest BCUT2D eigenvalue weighted by atomic mass is 10.0. The van der Waals surface area contributed by atoms with Gasteiger partial charge in [-0.1, -0.05) is 36.7 Å². The highest BCUT2D eigenvalue weighted by atomic mass is 35.5. The van der Waals surface area contributed by atoms with Gasteiger partial charge in [-0.15, -0.1) is 11.8 Å². The van der Waals surface area contributed by atoms with Gasteiger partial charge < -0.3 is 10.1 Å². The molecule has 0 saturated carbocycles. The van der Waals surface area contributed by atoms with Crippen molar-refractivity contribution in [3.05, 3.63) is 64.4 Å². The molecule has 0 aliphatic carbocycles. The number of nitrogens with one attached hydrogen (secondary N) is 1. The molecule has 1 amide bonds. The molecule has 134 valence electrons. The van der Waals surface area contributed by atoms with Crippen LogP contribution >= 0.6 is 23.4 Å². The van der Waals surface area contributed by atoms with E-state index in [1.54, 1.807) is 19.2 Å². The SMILES string of the molecule is CC[C@@H](NC(=O)CSCc1c(F)cccc1Cl)c1ccc(OC)cc1. The second kappa shape index (κ2) is 9.68. The summed E-state index contributed by atoms with van der Waals surface area (Å²) in [4.78, 5) is 12.2. The fourth-order valence-electron chi connectivity index (χ4n) is 2.41. The quantitative estimate of drug-likeness (QED) is 0.700. The number of carbonyl (C=O) groups is 1. The van der Waals surface area contributed by atoms with Gasteiger partial charge in [-0.05, 0) is 36.2 Å². The number of benzene rings is 2. The summed E-state index contributed by atoms with van der Waals surface area (Å²) < 4.78 is 18.9. The Balaban J connectivity index is 1.87. The molecule has 0 aliphatic rings. The summed E-state index contributed by atoms with van der Waals surface area (Å²) in [6, 6.07) is 12.2. The number of amides is 1. The van der Waals surface area contributed by atoms with Gasteiger partial charge in [0.25, 0.3) is 0 Å². The molecule has 3 nitrogen and oxygen atoms in total. The third-order valence-electron chi connectivity index (χ3n) is 3.80. The molecule has 0 heterocycles. The summed E-state index contributed by atoms with van der Waals surface area (Å²) in [6.07, 6.45) is 0.780. The second-order valence-electron chi connectivity index (χ2n) is 5.49. The number of thioether (sulfide) groups is 1. The summed E-state index contributed by atoms with van der Waals surface area (Å²) in [5.74, 6) is 0.961. The summed E-state index contributed by atoms with van der Waals surface area (Å²) in [6.45, 7) is 2.02. The van der Waals surface area contributed by atoms with Crippen LogP contribution in [0.4, 0.5) is 4.39 Å². The average molecular weight is 382 g/mol. The molecule has 0 aromatic heterocycles. The lowest BCUT2D eigenvalue weighted by Crippen LogP contribution is -2.29. The summed E-state index contributed by atoms with van der Waals surface area (Å²) in [5.41, 5.74) is 1.46. The molecule has 0 aliphatic heterocycles. The predicted octanol–water partition coefficient (Wildman–Crippen LogP) is 4.99. The minimum absolute atomic E-state index is 0.0592. The van der Waals surface area contributed by atoms with Crippen molar-refractivity contribution in [1.82, 2.24) is 5.32 Å². The van der Waals surface area contributed by atoms with Crippen LogP contribution in [0.15, 0.2) is 42.5 Å². The molecule has 25 heavy (non-hydrogen) atoms. The Labute approximate surface area is 156 Å². The third kappa shape index (κ3) is 5.65. The van der Waals surface area contributed by atoms with Crippen LogP contribution in [0.1, 0.15) is 30.5 Å². The average Bonchev–Trinajstić information content (AvgIpc) is 2.62. The fraction of sp³-hybridized carbons (Fsp3) is 0.316. The Morgan fingerprint density at radius 1 is 1.28 bits per heavy atom. The lowest BCUT2D eigenvalue weighted by molar-refractivity contribution is -0.119. The monoisotopic (exact) mass is 381 g/mol. The zero-order valence-electron chi connectivity index (χ0n) is 14.2. The predicted molar refractivity (Wildman–Crippen MR) is 102 cm³/mol. The van der Waals surface area contributed by atoms with Crippen LogP contribution in [-0.4, -0.2) is 18.8 Å². The smallest absolute Gasteiger partial charge is 0.230 e. The van der Waals surface area contributed by atoms with Gasteiger partial charge in [0, 0.05) is 16.3 Å². The van der Waals surface area contributed by atoms with Gasteiger partial charge in [0.2, 0.25) is 5.91 Å². The second-order valence-corrected chi connectivity index (χ2v) is 6.89. The Hall–Kier alpha value is -1.72. The topological polar surface area (TPSA) is 38.3 Å². The van der Waals surface area contributed by atoms with Gasteiger partial charge >= 0.3 is 0 Å². The van der Waals surface area contributed by atoms with Crippen LogP contribution < -0.4 is 10.1 Å². The van der Waals surface area contributed by atoms with Crippen molar-refractivity contribution in [2.75, 3.05) is 12.9 Å². The van der Waals surface area contributed by atoms with Crippen LogP contribution in [0.5, 0.6) is 5.75 Å². The van der Waals surface area contributed by atoms with Crippen LogP contribution in [0, 0.1) is 5.82 Å². The highest BCUT2D eigenvalue weighted by Gasteiger charge is 2.14. The molecule has 0 fully saturated rings. The van der Waals surface area contributed by atoms with E-state index in [0.29, 0.717) is 16.3 Å². The molecule has 0 unspecified atom stereocenters. The van der Waals surface area contributed by atoms with E-state index in [-0.39, 0.29) is 23.5 Å². The minimum atomic E-state index is -0.343. The highest BCUT2D eigenvalue weighted by Crippen LogP contribution is 2.24. The van der Waals surface area contributed by atoms with Crippen molar-refractivity contribution in [2.45, 2.75) is 25.1 Å². The van der Waals surface area contributed by atoms with Crippen molar-refractivity contribution in [3.63, 3.8) is 0 Å². The van der Waals surface area contributed by atoms with E-state index in [2.05, 4.69) is 5.32 Å². The van der Waals surface area contributed by atoms with E-state index >= 15 is 0 Å². The fourth-order valence-corrected chi connectivity index (χ4v) is 3.59. The first-order chi connectivity index (χ1) is 12.0. The molecule has 0 radical (unpaired) electrons. The van der Waals surface area contributed by atoms with Crippen LogP contribution in [0.25, 0.3) is 0 Å². The Morgan fingerprint density at radius 2 is 2.00 bits per heavy atom. The van der Waals surface area contributed by atoms with E-state index in [0.717, 1.165) is 17.7 Å². The molecule has 0 saturated heterocycles. The summed E-state index contributed by atoms with van der Waals surface area (Å²) in [7, 11) is 1.62. The molecule has 0 spiro atoms. The molecular formula is C19H21ClFNO2S. The maximum atomic E-state index is 13.7. The maximum absolute atomic E-state index is 13.7. The molecule has 2 aromatic carbocycles. The zero-order valence-corrected chi connectivity index (χ0v) is 15.8. The van der Waals surface area contributed by atoms with Crippen LogP contribution in [0.2, 0.25) is 5.02 Å². The lowest BCUT2D eigenvalue weighted by Gasteiger charge is -2.18. The first kappa shape index (κ1) is 19.6. The minimum Gasteiger partial charge on any atom is -0.497 e. The van der Waals surface area contributed by atoms with Crippen molar-refractivity contribution in [1.29, 1.82) is 0 Å². The molecule has 1 N–H and O–H groups in total. The first-order valence-electron chi connectivity index (χ1n) is 7.99. The van der Waals surface area contributed by atoms with E-state index in [9.17, 15) is 9.18 Å². The standard InChI is InChI=1S/C19H21ClFNO2S/c1-3-18(13-7-9-14(24-2)10-8-13)22-19(23)12-25-11-15-16(20)5-4-6-17(15)21/h4-10,18H,3,11-12H2,1-2H3,(H,22,23)/t18-/m1/s1. The first-order valence-corrected chi connectivity index (χ1v) is 9.52. The van der Waals surface area contributed by atoms with Crippen molar-refractivity contribution < 1.29 is 13.9 Å². The van der Waals surface area contributed by atoms with Gasteiger partial charge in [-0.3, -0.25) is 4.79 Å². The Kier molecular flexibility index (Phi) is 7.59. The van der Waals surface area contributed by atoms with E-state index in [1.807, 2.05) is 31.2 Å². The van der Waals surface area contributed by atoms with Gasteiger partial charge in [0.05, 0.1) is 18.9 Å². The largest absolute Gasteiger partial charge is 0.497 e. The van der Waals surface area contributed by atoms with Crippen LogP contribution in [0.3, 0.4) is 0 Å². The molecule has 2 aromatic rings.